The lowest BCUT2D eigenvalue weighted by atomic mass is 10.1. The maximum atomic E-state index is 12.3. The first kappa shape index (κ1) is 13.6. The molecule has 0 aliphatic carbocycles. The van der Waals surface area contributed by atoms with Gasteiger partial charge in [0, 0.05) is 13.6 Å². The Kier molecular flexibility index (Phi) is 3.63. The summed E-state index contributed by atoms with van der Waals surface area (Å²) in [5.74, 6) is -0.164. The number of rotatable bonds is 4. The van der Waals surface area contributed by atoms with Gasteiger partial charge in [-0.05, 0) is 35.7 Å². The van der Waals surface area contributed by atoms with Gasteiger partial charge in [0.15, 0.2) is 0 Å². The summed E-state index contributed by atoms with van der Waals surface area (Å²) < 4.78 is 1.45. The first-order valence-corrected chi connectivity index (χ1v) is 6.55. The highest BCUT2D eigenvalue weighted by Crippen LogP contribution is 2.22. The number of hydrogen-bond donors (Lipinski definition) is 1. The Balaban J connectivity index is 2.23. The smallest absolute Gasteiger partial charge is 0.265 e. The average molecular weight is 281 g/mol. The summed E-state index contributed by atoms with van der Waals surface area (Å²) in [5.41, 5.74) is -0.293. The fraction of sp³-hybridized carbons (Fsp3) is 0.455. The monoisotopic (exact) mass is 281 g/mol. The molecule has 0 aliphatic heterocycles. The third-order valence-electron chi connectivity index (χ3n) is 2.41. The van der Waals surface area contributed by atoms with Gasteiger partial charge in [0.25, 0.3) is 5.91 Å². The molecule has 0 aromatic carbocycles. The molecule has 1 N–H and O–H groups in total. The molecule has 2 rings (SSSR count). The van der Waals surface area contributed by atoms with Gasteiger partial charge in [0.2, 0.25) is 0 Å². The van der Waals surface area contributed by atoms with Crippen molar-refractivity contribution in [3.05, 3.63) is 22.7 Å². The summed E-state index contributed by atoms with van der Waals surface area (Å²) in [6.07, 6.45) is 1.44. The minimum Gasteiger partial charge on any atom is -0.389 e. The molecule has 0 bridgehead atoms. The van der Waals surface area contributed by atoms with Crippen molar-refractivity contribution in [2.45, 2.75) is 19.4 Å². The van der Waals surface area contributed by atoms with Gasteiger partial charge >= 0.3 is 0 Å². The minimum atomic E-state index is -0.934. The number of thiophene rings is 1. The lowest BCUT2D eigenvalue weighted by molar-refractivity contribution is 0.0370. The molecule has 0 fully saturated rings. The predicted octanol–water partition coefficient (Wildman–Crippen LogP) is 0.567. The highest BCUT2D eigenvalue weighted by molar-refractivity contribution is 7.12. The third kappa shape index (κ3) is 3.15. The van der Waals surface area contributed by atoms with E-state index in [-0.39, 0.29) is 12.5 Å². The van der Waals surface area contributed by atoms with E-state index in [1.807, 2.05) is 5.38 Å². The second-order valence-corrected chi connectivity index (χ2v) is 5.78. The van der Waals surface area contributed by atoms with Gasteiger partial charge in [-0.2, -0.15) is 4.68 Å². The van der Waals surface area contributed by atoms with E-state index in [2.05, 4.69) is 15.5 Å². The lowest BCUT2D eigenvalue weighted by Crippen LogP contribution is -2.39. The summed E-state index contributed by atoms with van der Waals surface area (Å²) in [5, 5.41) is 22.5. The van der Waals surface area contributed by atoms with Crippen LogP contribution in [0.4, 0.5) is 0 Å². The topological polar surface area (TPSA) is 84.1 Å². The summed E-state index contributed by atoms with van der Waals surface area (Å²) >= 11 is 1.32. The normalized spacial score (nSPS) is 11.6. The number of aliphatic hydroxyl groups is 1. The first-order chi connectivity index (χ1) is 8.88. The second kappa shape index (κ2) is 5.06. The minimum absolute atomic E-state index is 0.164. The molecule has 7 nitrogen and oxygen atoms in total. The van der Waals surface area contributed by atoms with Crippen LogP contribution in [-0.2, 0) is 0 Å². The number of hydrogen-bond acceptors (Lipinski definition) is 6. The molecular formula is C11H15N5O2S. The van der Waals surface area contributed by atoms with Crippen molar-refractivity contribution in [3.63, 3.8) is 0 Å². The molecule has 8 heteroatoms. The van der Waals surface area contributed by atoms with Gasteiger partial charge < -0.3 is 10.0 Å². The van der Waals surface area contributed by atoms with E-state index in [4.69, 9.17) is 0 Å². The van der Waals surface area contributed by atoms with E-state index in [9.17, 15) is 9.90 Å². The first-order valence-electron chi connectivity index (χ1n) is 5.67. The molecule has 0 saturated heterocycles. The van der Waals surface area contributed by atoms with E-state index in [1.165, 1.54) is 27.2 Å². The molecule has 0 radical (unpaired) electrons. The number of aromatic nitrogens is 4. The fourth-order valence-corrected chi connectivity index (χ4v) is 2.61. The number of carbonyl (C=O) groups excluding carboxylic acids is 1. The molecule has 0 atom stereocenters. The summed E-state index contributed by atoms with van der Waals surface area (Å²) in [4.78, 5) is 14.4. The molecular weight excluding hydrogens is 266 g/mol. The largest absolute Gasteiger partial charge is 0.389 e. The standard InChI is InChI=1S/C11H15N5O2S/c1-11(2,18)6-15(3)10(17)9-8(4-5-19-9)16-7-12-13-14-16/h4-5,7,18H,6H2,1-3H3. The number of amides is 1. The van der Waals surface area contributed by atoms with Crippen molar-refractivity contribution in [3.8, 4) is 5.69 Å². The summed E-state index contributed by atoms with van der Waals surface area (Å²) in [7, 11) is 1.66. The summed E-state index contributed by atoms with van der Waals surface area (Å²) in [6.45, 7) is 3.57. The molecule has 1 amide bonds. The van der Waals surface area contributed by atoms with Gasteiger partial charge in [0.05, 0.1) is 11.3 Å². The van der Waals surface area contributed by atoms with Crippen molar-refractivity contribution < 1.29 is 9.90 Å². The zero-order chi connectivity index (χ0) is 14.0. The molecule has 0 aliphatic rings. The Morgan fingerprint density at radius 2 is 2.32 bits per heavy atom. The van der Waals surface area contributed by atoms with Crippen LogP contribution in [0.5, 0.6) is 0 Å². The number of tetrazole rings is 1. The van der Waals surface area contributed by atoms with Crippen LogP contribution in [0.3, 0.4) is 0 Å². The van der Waals surface area contributed by atoms with Crippen LogP contribution in [0.15, 0.2) is 17.8 Å². The SMILES string of the molecule is CN(CC(C)(C)O)C(=O)c1sccc1-n1cnnn1. The highest BCUT2D eigenvalue weighted by Gasteiger charge is 2.23. The van der Waals surface area contributed by atoms with Gasteiger partial charge in [-0.1, -0.05) is 0 Å². The Hall–Kier alpha value is -1.80. The van der Waals surface area contributed by atoms with E-state index in [0.29, 0.717) is 10.6 Å². The molecule has 2 aromatic rings. The highest BCUT2D eigenvalue weighted by atomic mass is 32.1. The molecule has 19 heavy (non-hydrogen) atoms. The van der Waals surface area contributed by atoms with Gasteiger partial charge in [0.1, 0.15) is 11.2 Å². The van der Waals surface area contributed by atoms with Crippen LogP contribution >= 0.6 is 11.3 Å². The van der Waals surface area contributed by atoms with Gasteiger partial charge in [-0.25, -0.2) is 0 Å². The molecule has 2 heterocycles. The predicted molar refractivity (Wildman–Crippen MR) is 70.3 cm³/mol. The molecule has 0 saturated carbocycles. The average Bonchev–Trinajstić information content (AvgIpc) is 2.96. The van der Waals surface area contributed by atoms with Crippen LogP contribution in [-0.4, -0.2) is 55.3 Å². The Labute approximate surface area is 114 Å². The van der Waals surface area contributed by atoms with Crippen LogP contribution in [0, 0.1) is 0 Å². The fourth-order valence-electron chi connectivity index (χ4n) is 1.74. The maximum absolute atomic E-state index is 12.3. The van der Waals surface area contributed by atoms with Crippen LogP contribution in [0.1, 0.15) is 23.5 Å². The molecule has 0 spiro atoms. The molecule has 102 valence electrons. The lowest BCUT2D eigenvalue weighted by Gasteiger charge is -2.25. The number of carbonyl (C=O) groups is 1. The van der Waals surface area contributed by atoms with Crippen molar-refractivity contribution in [2.24, 2.45) is 0 Å². The van der Waals surface area contributed by atoms with E-state index in [0.717, 1.165) is 0 Å². The van der Waals surface area contributed by atoms with Crippen LogP contribution < -0.4 is 0 Å². The maximum Gasteiger partial charge on any atom is 0.265 e. The zero-order valence-corrected chi connectivity index (χ0v) is 11.8. The quantitative estimate of drug-likeness (QED) is 0.885. The van der Waals surface area contributed by atoms with E-state index >= 15 is 0 Å². The van der Waals surface area contributed by atoms with E-state index in [1.54, 1.807) is 27.0 Å². The number of likely N-dealkylation sites (N-methyl/N-ethyl adjacent to an activating group) is 1. The zero-order valence-electron chi connectivity index (χ0n) is 10.9. The van der Waals surface area contributed by atoms with Crippen LogP contribution in [0.25, 0.3) is 5.69 Å². The molecule has 0 unspecified atom stereocenters. The second-order valence-electron chi connectivity index (χ2n) is 4.86. The number of nitrogens with zero attached hydrogens (tertiary/aromatic N) is 5. The Bertz CT molecular complexity index is 558. The molecule has 2 aromatic heterocycles. The third-order valence-corrected chi connectivity index (χ3v) is 3.30. The summed E-state index contributed by atoms with van der Waals surface area (Å²) in [6, 6.07) is 1.78. The van der Waals surface area contributed by atoms with Gasteiger partial charge in [-0.15, -0.1) is 16.4 Å². The van der Waals surface area contributed by atoms with Crippen molar-refractivity contribution in [1.82, 2.24) is 25.1 Å². The van der Waals surface area contributed by atoms with Crippen LogP contribution in [0.2, 0.25) is 0 Å². The van der Waals surface area contributed by atoms with Gasteiger partial charge in [-0.3, -0.25) is 4.79 Å². The van der Waals surface area contributed by atoms with Crippen molar-refractivity contribution >= 4 is 17.2 Å². The van der Waals surface area contributed by atoms with Crippen molar-refractivity contribution in [2.75, 3.05) is 13.6 Å². The van der Waals surface area contributed by atoms with Crippen molar-refractivity contribution in [1.29, 1.82) is 0 Å². The Morgan fingerprint density at radius 1 is 1.58 bits per heavy atom. The van der Waals surface area contributed by atoms with E-state index < -0.39 is 5.60 Å². The Morgan fingerprint density at radius 3 is 2.89 bits per heavy atom.